The van der Waals surface area contributed by atoms with Gasteiger partial charge < -0.3 is 50.3 Å². The van der Waals surface area contributed by atoms with E-state index in [2.05, 4.69) is 25.3 Å². The number of hydrogen-bond acceptors (Lipinski definition) is 15. The maximum absolute atomic E-state index is 14.3. The first-order valence-corrected chi connectivity index (χ1v) is 46.2. The fourth-order valence-corrected chi connectivity index (χ4v) is 18.5. The number of halogens is 16. The summed E-state index contributed by atoms with van der Waals surface area (Å²) in [5.41, 5.74) is 7.12. The molecule has 0 saturated carbocycles. The molecule has 0 bridgehead atoms. The molecular formula is C113H79Cl2F14N11O9. The molecule has 10 aromatic heterocycles. The van der Waals surface area contributed by atoms with Crippen molar-refractivity contribution in [1.82, 2.24) is 30.2 Å². The Morgan fingerprint density at radius 1 is 0.289 bits per heavy atom. The minimum absolute atomic E-state index is 0.0265. The van der Waals surface area contributed by atoms with Crippen LogP contribution in [0.15, 0.2) is 347 Å². The summed E-state index contributed by atoms with van der Waals surface area (Å²) in [7, 11) is 6.27. The van der Waals surface area contributed by atoms with Crippen molar-refractivity contribution in [3.8, 4) is 135 Å². The zero-order valence-corrected chi connectivity index (χ0v) is 80.0. The van der Waals surface area contributed by atoms with Crippen molar-refractivity contribution in [1.29, 1.82) is 0 Å². The van der Waals surface area contributed by atoms with Gasteiger partial charge in [0.25, 0.3) is 28.5 Å². The molecule has 1 aliphatic heterocycles. The highest BCUT2D eigenvalue weighted by atomic mass is 35.5. The van der Waals surface area contributed by atoms with E-state index in [1.165, 1.54) is 106 Å². The average molecular weight is 2070 g/mol. The van der Waals surface area contributed by atoms with Gasteiger partial charge >= 0.3 is 24.7 Å². The predicted molar refractivity (Wildman–Crippen MR) is 539 cm³/mol. The van der Waals surface area contributed by atoms with Gasteiger partial charge in [-0.25, -0.2) is 33.7 Å². The van der Waals surface area contributed by atoms with E-state index in [1.54, 1.807) is 130 Å². The molecule has 0 unspecified atom stereocenters. The Balaban J connectivity index is 0.000000127. The smallest absolute Gasteiger partial charge is 0.416 e. The number of hydrogen-bond donors (Lipinski definition) is 1. The van der Waals surface area contributed by atoms with Crippen LogP contribution in [0.1, 0.15) is 46.7 Å². The van der Waals surface area contributed by atoms with Gasteiger partial charge in [-0.15, -0.1) is 0 Å². The Morgan fingerprint density at radius 3 is 0.913 bits per heavy atom. The third kappa shape index (κ3) is 21.7. The number of alkyl halides is 12. The second-order valence-corrected chi connectivity index (χ2v) is 34.4. The van der Waals surface area contributed by atoms with E-state index in [1.807, 2.05) is 66.7 Å². The lowest BCUT2D eigenvalue weighted by Gasteiger charge is -2.23. The molecule has 21 rings (SSSR count). The molecule has 1 saturated heterocycles. The fraction of sp³-hybridized carbons (Fsp3) is 0.115. The van der Waals surface area contributed by atoms with E-state index >= 15 is 0 Å². The Hall–Kier alpha value is -17.2. The quantitative estimate of drug-likeness (QED) is 0.0569. The number of pyridine rings is 10. The van der Waals surface area contributed by atoms with Gasteiger partial charge in [0.05, 0.1) is 83.0 Å². The van der Waals surface area contributed by atoms with Crippen LogP contribution in [0.5, 0.6) is 23.0 Å². The Labute approximate surface area is 849 Å². The Bertz CT molecular complexity index is 8220. The SMILES string of the molecule is COc1ccccc1-c1c2nc(C3CCNCC3)cc(-c3cccc(C(F)(F)F)c3)c2cc[n+]1[O-].COc1ccccc1-c1c2nccc(-c3cccc(C(F)(F)F)c3)c2cc[n+]1[O-].COc1ccccc1-c1ccnc2c(-c3ccccc3OC)[n+]([O-])ccc12.[O-][n+]1ccc2c(-c3cccc(C(F)(F)F)c3)ccnc2c1-c1c(Cl)cccc1Cl.[O-][n+]1ccc2c(-c3cccc(C(F)(F)F)c3)ccnc2c1-c1c(F)cccc1F. The average Bonchev–Trinajstić information content (AvgIpc) is 0.727. The van der Waals surface area contributed by atoms with Crippen molar-refractivity contribution in [3.05, 3.63) is 423 Å². The lowest BCUT2D eigenvalue weighted by Crippen LogP contribution is -2.30. The summed E-state index contributed by atoms with van der Waals surface area (Å²) in [4.78, 5) is 22.2. The third-order valence-electron chi connectivity index (χ3n) is 24.8. The maximum atomic E-state index is 14.3. The molecule has 10 aromatic carbocycles. The topological polar surface area (TPSA) is 248 Å². The van der Waals surface area contributed by atoms with Crippen LogP contribution in [-0.4, -0.2) is 66.4 Å². The molecule has 0 aliphatic carbocycles. The molecule has 1 aliphatic rings. The summed E-state index contributed by atoms with van der Waals surface area (Å²) in [6.07, 6.45) is -3.78. The number of aromatic nitrogens is 10. The summed E-state index contributed by atoms with van der Waals surface area (Å²) in [5, 5.41) is 70.0. The van der Waals surface area contributed by atoms with Crippen LogP contribution in [-0.2, 0) is 24.7 Å². The van der Waals surface area contributed by atoms with Crippen LogP contribution in [0.4, 0.5) is 61.5 Å². The molecule has 20 aromatic rings. The van der Waals surface area contributed by atoms with Gasteiger partial charge in [-0.1, -0.05) is 138 Å². The second-order valence-electron chi connectivity index (χ2n) is 33.6. The van der Waals surface area contributed by atoms with E-state index in [9.17, 15) is 87.5 Å². The Morgan fingerprint density at radius 2 is 0.564 bits per heavy atom. The Kier molecular flexibility index (Phi) is 30.2. The second kappa shape index (κ2) is 43.6. The van der Waals surface area contributed by atoms with Crippen molar-refractivity contribution < 1.29 is 104 Å². The van der Waals surface area contributed by atoms with Crippen LogP contribution in [0.25, 0.3) is 166 Å². The van der Waals surface area contributed by atoms with Gasteiger partial charge in [0.2, 0.25) is 0 Å². The van der Waals surface area contributed by atoms with Crippen molar-refractivity contribution in [2.24, 2.45) is 0 Å². The first-order valence-electron chi connectivity index (χ1n) is 45.5. The maximum Gasteiger partial charge on any atom is 0.416 e. The van der Waals surface area contributed by atoms with Gasteiger partial charge in [-0.05, 0) is 222 Å². The van der Waals surface area contributed by atoms with E-state index in [0.717, 1.165) is 136 Å². The van der Waals surface area contributed by atoms with Gasteiger partial charge in [-0.3, -0.25) is 0 Å². The third-order valence-corrected chi connectivity index (χ3v) is 25.4. The summed E-state index contributed by atoms with van der Waals surface area (Å²) in [6, 6.07) is 73.8. The highest BCUT2D eigenvalue weighted by Crippen LogP contribution is 2.47. The van der Waals surface area contributed by atoms with Gasteiger partial charge in [0.1, 0.15) is 67.8 Å². The van der Waals surface area contributed by atoms with Crippen LogP contribution in [0, 0.1) is 37.7 Å². The number of methoxy groups -OCH3 is 4. The molecule has 0 radical (unpaired) electrons. The summed E-state index contributed by atoms with van der Waals surface area (Å²) in [6.45, 7) is 1.66. The van der Waals surface area contributed by atoms with Crippen molar-refractivity contribution in [2.45, 2.75) is 43.5 Å². The number of piperidine rings is 1. The standard InChI is InChI=1S/C27H24F3N3O2.C22H15F3N2O2.C22H18N2O3.C21H11Cl2F3N2O.C21H11F5N2O/c1-35-24-8-3-2-7-21(24)26-25-20(11-14-33(26)34)22(16-23(32-25)17-9-12-31-13-10-17)18-5-4-6-19(15-18)27(28,29)30;1-29-19-8-3-2-7-18(19)21-20-17(10-12-27(21)28)16(9-11-26-20)14-5-4-6-15(13-14)22(23,24)25;1-26-19-9-5-3-7-16(19)15-11-13-23-21-17(15)12-14-24(25)22(21)18-8-4-6-10-20(18)27-2;2*22-16-5-2-6-17(23)18(16)20-19-15(8-10-28(20)29)14(7-9-27-19)12-3-1-4-13(11-12)21(24,25)26/h2-8,11,14-17,31H,9-10,12-13H2,1H3;2-13H,1H3;3-14H,1-2H3;2*1-11H. The minimum atomic E-state index is -4.53. The summed E-state index contributed by atoms with van der Waals surface area (Å²) in [5.74, 6) is 0.634. The van der Waals surface area contributed by atoms with E-state index in [-0.39, 0.29) is 59.8 Å². The highest BCUT2D eigenvalue weighted by molar-refractivity contribution is 6.39. The minimum Gasteiger partial charge on any atom is -0.618 e. The van der Waals surface area contributed by atoms with E-state index in [0.29, 0.717) is 132 Å². The largest absolute Gasteiger partial charge is 0.618 e. The molecular weight excluding hydrogens is 1990 g/mol. The van der Waals surface area contributed by atoms with Crippen LogP contribution >= 0.6 is 23.2 Å². The molecule has 752 valence electrons. The molecule has 11 heterocycles. The number of fused-ring (bicyclic) bond motifs is 5. The fourth-order valence-electron chi connectivity index (χ4n) is 17.9. The first kappa shape index (κ1) is 103. The lowest BCUT2D eigenvalue weighted by molar-refractivity contribution is -0.592. The normalized spacial score (nSPS) is 12.3. The number of benzene rings is 10. The number of nitrogens with zero attached hydrogens (tertiary/aromatic N) is 10. The first-order chi connectivity index (χ1) is 71.5. The van der Waals surface area contributed by atoms with Gasteiger partial charge in [0.15, 0.2) is 31.0 Å². The monoisotopic (exact) mass is 2070 g/mol. The van der Waals surface area contributed by atoms with Crippen molar-refractivity contribution in [2.75, 3.05) is 41.5 Å². The van der Waals surface area contributed by atoms with E-state index < -0.39 is 64.2 Å². The number of para-hydroxylation sites is 4. The van der Waals surface area contributed by atoms with Crippen LogP contribution in [0.2, 0.25) is 10.0 Å². The van der Waals surface area contributed by atoms with Crippen molar-refractivity contribution >= 4 is 77.7 Å². The highest BCUT2D eigenvalue weighted by Gasteiger charge is 2.37. The molecule has 149 heavy (non-hydrogen) atoms. The molecule has 0 amide bonds. The summed E-state index contributed by atoms with van der Waals surface area (Å²) >= 11 is 12.5. The molecule has 1 fully saturated rings. The molecule has 36 heteroatoms. The lowest BCUT2D eigenvalue weighted by atomic mass is 9.90. The van der Waals surface area contributed by atoms with Crippen LogP contribution in [0.3, 0.4) is 0 Å². The molecule has 0 spiro atoms. The zero-order chi connectivity index (χ0) is 105. The van der Waals surface area contributed by atoms with Crippen molar-refractivity contribution in [3.63, 3.8) is 0 Å². The summed E-state index contributed by atoms with van der Waals surface area (Å²) < 4.78 is 212. The predicted octanol–water partition coefficient (Wildman–Crippen LogP) is 27.2. The van der Waals surface area contributed by atoms with Gasteiger partial charge in [-0.2, -0.15) is 76.3 Å². The number of rotatable bonds is 15. The number of ether oxygens (including phenoxy) is 4. The zero-order valence-electron chi connectivity index (χ0n) is 78.5. The van der Waals surface area contributed by atoms with Crippen LogP contribution < -0.4 is 47.9 Å². The molecule has 20 nitrogen and oxygen atoms in total. The molecule has 1 N–H and O–H groups in total. The van der Waals surface area contributed by atoms with Gasteiger partial charge in [0, 0.05) is 99.2 Å². The molecule has 0 atom stereocenters. The van der Waals surface area contributed by atoms with E-state index in [4.69, 9.17) is 47.1 Å². The number of nitrogens with one attached hydrogen (secondary N) is 1.